The van der Waals surface area contributed by atoms with Crippen LogP contribution < -0.4 is 5.32 Å². The Labute approximate surface area is 94.5 Å². The molecule has 1 aromatic rings. The molecule has 1 heterocycles. The van der Waals surface area contributed by atoms with Gasteiger partial charge in [-0.25, -0.2) is 0 Å². The second kappa shape index (κ2) is 5.40. The van der Waals surface area contributed by atoms with Crippen molar-refractivity contribution in [3.63, 3.8) is 0 Å². The third-order valence-electron chi connectivity index (χ3n) is 2.65. The fourth-order valence-corrected chi connectivity index (χ4v) is 1.43. The van der Waals surface area contributed by atoms with Crippen LogP contribution in [0.15, 0.2) is 6.07 Å². The van der Waals surface area contributed by atoms with Crippen LogP contribution in [0.1, 0.15) is 11.4 Å². The molecule has 0 unspecified atom stereocenters. The summed E-state index contributed by atoms with van der Waals surface area (Å²) in [5, 5.41) is 34.5. The molecular formula is C10H19N3O3. The van der Waals surface area contributed by atoms with Crippen LogP contribution in [0.2, 0.25) is 0 Å². The van der Waals surface area contributed by atoms with Gasteiger partial charge < -0.3 is 15.3 Å². The molecule has 0 bridgehead atoms. The number of aliphatic hydroxyl groups excluding tert-OH is 3. The van der Waals surface area contributed by atoms with E-state index in [9.17, 15) is 0 Å². The van der Waals surface area contributed by atoms with E-state index in [0.717, 1.165) is 11.4 Å². The maximum atomic E-state index is 9.12. The first kappa shape index (κ1) is 13.1. The first-order valence-corrected chi connectivity index (χ1v) is 5.14. The Balaban J connectivity index is 2.65. The zero-order valence-electron chi connectivity index (χ0n) is 9.64. The SMILES string of the molecule is Cc1cc(CNC(CO)(CO)CO)n(C)n1. The summed E-state index contributed by atoms with van der Waals surface area (Å²) in [5.41, 5.74) is 0.789. The number of nitrogens with zero attached hydrogens (tertiary/aromatic N) is 2. The minimum Gasteiger partial charge on any atom is -0.394 e. The van der Waals surface area contributed by atoms with Crippen molar-refractivity contribution in [2.45, 2.75) is 19.0 Å². The van der Waals surface area contributed by atoms with Crippen LogP contribution in [-0.2, 0) is 13.6 Å². The van der Waals surface area contributed by atoms with E-state index in [0.29, 0.717) is 6.54 Å². The van der Waals surface area contributed by atoms with Crippen molar-refractivity contribution in [3.05, 3.63) is 17.5 Å². The summed E-state index contributed by atoms with van der Waals surface area (Å²) < 4.78 is 1.72. The van der Waals surface area contributed by atoms with Crippen molar-refractivity contribution in [1.82, 2.24) is 15.1 Å². The van der Waals surface area contributed by atoms with Crippen molar-refractivity contribution < 1.29 is 15.3 Å². The zero-order chi connectivity index (χ0) is 12.2. The number of nitrogens with one attached hydrogen (secondary N) is 1. The third kappa shape index (κ3) is 2.79. The molecule has 6 nitrogen and oxygen atoms in total. The molecule has 0 saturated carbocycles. The standard InChI is InChI=1S/C10H19N3O3/c1-8-3-9(13(2)12-8)4-11-10(5-14,6-15)7-16/h3,11,14-16H,4-7H2,1-2H3. The lowest BCUT2D eigenvalue weighted by atomic mass is 10.0. The molecule has 0 radical (unpaired) electrons. The summed E-state index contributed by atoms with van der Waals surface area (Å²) in [7, 11) is 1.82. The molecule has 0 aliphatic heterocycles. The fraction of sp³-hybridized carbons (Fsp3) is 0.700. The van der Waals surface area contributed by atoms with Crippen LogP contribution in [-0.4, -0.2) is 50.5 Å². The van der Waals surface area contributed by atoms with E-state index in [1.54, 1.807) is 4.68 Å². The lowest BCUT2D eigenvalue weighted by Gasteiger charge is -2.28. The van der Waals surface area contributed by atoms with Gasteiger partial charge in [-0.15, -0.1) is 0 Å². The molecule has 0 amide bonds. The number of aryl methyl sites for hydroxylation is 2. The predicted molar refractivity (Wildman–Crippen MR) is 58.8 cm³/mol. The Hall–Kier alpha value is -0.950. The summed E-state index contributed by atoms with van der Waals surface area (Å²) >= 11 is 0. The van der Waals surface area contributed by atoms with Gasteiger partial charge in [0.05, 0.1) is 36.7 Å². The highest BCUT2D eigenvalue weighted by molar-refractivity contribution is 5.09. The van der Waals surface area contributed by atoms with Gasteiger partial charge in [0.2, 0.25) is 0 Å². The fourth-order valence-electron chi connectivity index (χ4n) is 1.43. The number of hydrogen-bond donors (Lipinski definition) is 4. The van der Waals surface area contributed by atoms with Gasteiger partial charge in [-0.1, -0.05) is 0 Å². The average Bonchev–Trinajstić information content (AvgIpc) is 2.60. The number of hydrogen-bond acceptors (Lipinski definition) is 5. The predicted octanol–water partition coefficient (Wildman–Crippen LogP) is -1.47. The van der Waals surface area contributed by atoms with Crippen LogP contribution in [0.5, 0.6) is 0 Å². The van der Waals surface area contributed by atoms with Crippen LogP contribution >= 0.6 is 0 Å². The number of aliphatic hydroxyl groups is 3. The summed E-state index contributed by atoms with van der Waals surface area (Å²) in [6.07, 6.45) is 0. The van der Waals surface area contributed by atoms with Gasteiger partial charge in [-0.2, -0.15) is 5.10 Å². The van der Waals surface area contributed by atoms with E-state index in [-0.39, 0.29) is 19.8 Å². The average molecular weight is 229 g/mol. The Morgan fingerprint density at radius 1 is 1.31 bits per heavy atom. The van der Waals surface area contributed by atoms with E-state index in [2.05, 4.69) is 10.4 Å². The van der Waals surface area contributed by atoms with Crippen LogP contribution in [0, 0.1) is 6.92 Å². The van der Waals surface area contributed by atoms with E-state index in [1.165, 1.54) is 0 Å². The van der Waals surface area contributed by atoms with Crippen molar-refractivity contribution in [2.24, 2.45) is 7.05 Å². The molecule has 6 heteroatoms. The largest absolute Gasteiger partial charge is 0.394 e. The van der Waals surface area contributed by atoms with Crippen molar-refractivity contribution in [2.75, 3.05) is 19.8 Å². The van der Waals surface area contributed by atoms with E-state index >= 15 is 0 Å². The topological polar surface area (TPSA) is 90.5 Å². The molecule has 0 saturated heterocycles. The minimum atomic E-state index is -1.04. The summed E-state index contributed by atoms with van der Waals surface area (Å²) in [4.78, 5) is 0. The van der Waals surface area contributed by atoms with Gasteiger partial charge >= 0.3 is 0 Å². The second-order valence-corrected chi connectivity index (χ2v) is 4.01. The van der Waals surface area contributed by atoms with Gasteiger partial charge in [-0.05, 0) is 13.0 Å². The molecule has 16 heavy (non-hydrogen) atoms. The first-order chi connectivity index (χ1) is 7.56. The lowest BCUT2D eigenvalue weighted by Crippen LogP contribution is -2.54. The Kier molecular flexibility index (Phi) is 4.43. The minimum absolute atomic E-state index is 0.323. The Morgan fingerprint density at radius 3 is 2.25 bits per heavy atom. The Morgan fingerprint density at radius 2 is 1.88 bits per heavy atom. The first-order valence-electron chi connectivity index (χ1n) is 5.14. The van der Waals surface area contributed by atoms with E-state index in [1.807, 2.05) is 20.0 Å². The highest BCUT2D eigenvalue weighted by atomic mass is 16.3. The zero-order valence-corrected chi connectivity index (χ0v) is 9.64. The van der Waals surface area contributed by atoms with Crippen molar-refractivity contribution >= 4 is 0 Å². The van der Waals surface area contributed by atoms with Gasteiger partial charge in [-0.3, -0.25) is 10.00 Å². The van der Waals surface area contributed by atoms with Crippen molar-refractivity contribution in [3.8, 4) is 0 Å². The van der Waals surface area contributed by atoms with Gasteiger partial charge in [0, 0.05) is 13.6 Å². The van der Waals surface area contributed by atoms with Crippen LogP contribution in [0.3, 0.4) is 0 Å². The molecule has 1 rings (SSSR count). The monoisotopic (exact) mass is 229 g/mol. The molecule has 1 aromatic heterocycles. The molecular weight excluding hydrogens is 210 g/mol. The van der Waals surface area contributed by atoms with Crippen molar-refractivity contribution in [1.29, 1.82) is 0 Å². The molecule has 4 N–H and O–H groups in total. The smallest absolute Gasteiger partial charge is 0.0884 e. The highest BCUT2D eigenvalue weighted by Gasteiger charge is 2.27. The summed E-state index contributed by atoms with van der Waals surface area (Å²) in [6.45, 7) is 1.35. The third-order valence-corrected chi connectivity index (χ3v) is 2.65. The Bertz CT molecular complexity index is 326. The quantitative estimate of drug-likeness (QED) is 0.478. The van der Waals surface area contributed by atoms with Crippen LogP contribution in [0.4, 0.5) is 0 Å². The van der Waals surface area contributed by atoms with Crippen LogP contribution in [0.25, 0.3) is 0 Å². The molecule has 0 aliphatic carbocycles. The van der Waals surface area contributed by atoms with Gasteiger partial charge in [0.15, 0.2) is 0 Å². The lowest BCUT2D eigenvalue weighted by molar-refractivity contribution is 0.0409. The summed E-state index contributed by atoms with van der Waals surface area (Å²) in [5.74, 6) is 0. The second-order valence-electron chi connectivity index (χ2n) is 4.01. The van der Waals surface area contributed by atoms with E-state index < -0.39 is 5.54 Å². The summed E-state index contributed by atoms with van der Waals surface area (Å²) in [6, 6.07) is 1.91. The van der Waals surface area contributed by atoms with E-state index in [4.69, 9.17) is 15.3 Å². The van der Waals surface area contributed by atoms with Gasteiger partial charge in [0.25, 0.3) is 0 Å². The normalized spacial score (nSPS) is 12.1. The molecule has 0 aliphatic rings. The number of aromatic nitrogens is 2. The highest BCUT2D eigenvalue weighted by Crippen LogP contribution is 2.06. The van der Waals surface area contributed by atoms with Gasteiger partial charge in [0.1, 0.15) is 0 Å². The maximum Gasteiger partial charge on any atom is 0.0884 e. The molecule has 0 aromatic carbocycles. The molecule has 92 valence electrons. The molecule has 0 fully saturated rings. The molecule has 0 spiro atoms. The number of rotatable bonds is 6. The molecule has 0 atom stereocenters. The maximum absolute atomic E-state index is 9.12.